The number of benzene rings is 1. The van der Waals surface area contributed by atoms with E-state index in [1.54, 1.807) is 0 Å². The van der Waals surface area contributed by atoms with Crippen LogP contribution in [0.2, 0.25) is 0 Å². The number of aryl methyl sites for hydroxylation is 1. The first-order valence-electron chi connectivity index (χ1n) is 8.04. The molecule has 118 valence electrons. The molecule has 0 saturated carbocycles. The van der Waals surface area contributed by atoms with Gasteiger partial charge in [0.2, 0.25) is 0 Å². The summed E-state index contributed by atoms with van der Waals surface area (Å²) in [5, 5.41) is 0. The maximum atomic E-state index is 5.93. The lowest BCUT2D eigenvalue weighted by molar-refractivity contribution is 0.197. The predicted molar refractivity (Wildman–Crippen MR) is 88.0 cm³/mol. The van der Waals surface area contributed by atoms with Crippen LogP contribution in [0.3, 0.4) is 0 Å². The van der Waals surface area contributed by atoms with Crippen molar-refractivity contribution >= 4 is 0 Å². The van der Waals surface area contributed by atoms with Gasteiger partial charge in [-0.15, -0.1) is 0 Å². The van der Waals surface area contributed by atoms with Gasteiger partial charge in [0.1, 0.15) is 11.6 Å². The van der Waals surface area contributed by atoms with Crippen LogP contribution in [-0.2, 0) is 19.6 Å². The lowest BCUT2D eigenvalue weighted by Crippen LogP contribution is -2.33. The average molecular weight is 299 g/mol. The van der Waals surface area contributed by atoms with E-state index in [2.05, 4.69) is 55.4 Å². The Morgan fingerprint density at radius 2 is 1.95 bits per heavy atom. The first kappa shape index (κ1) is 15.1. The summed E-state index contributed by atoms with van der Waals surface area (Å²) in [5.74, 6) is 2.18. The molecule has 0 N–H and O–H groups in total. The highest BCUT2D eigenvalue weighted by molar-refractivity contribution is 5.33. The molecule has 0 amide bonds. The molecule has 0 aliphatic carbocycles. The molecule has 0 saturated heterocycles. The molecule has 3 rings (SSSR count). The molecular weight excluding hydrogens is 274 g/mol. The van der Waals surface area contributed by atoms with Crippen molar-refractivity contribution in [3.8, 4) is 5.75 Å². The SMILES string of the molecule is Cc1nc2n(c1C)CCN(Cc1ccccc1OC(C)C)C2. The fraction of sp³-hybridized carbons (Fsp3) is 0.500. The van der Waals surface area contributed by atoms with E-state index in [-0.39, 0.29) is 6.10 Å². The molecule has 0 fully saturated rings. The van der Waals surface area contributed by atoms with Crippen LogP contribution in [0.5, 0.6) is 5.75 Å². The number of hydrogen-bond acceptors (Lipinski definition) is 3. The quantitative estimate of drug-likeness (QED) is 0.868. The van der Waals surface area contributed by atoms with Gasteiger partial charge in [0.15, 0.2) is 0 Å². The third kappa shape index (κ3) is 3.02. The van der Waals surface area contributed by atoms with Crippen LogP contribution < -0.4 is 4.74 Å². The molecule has 2 aromatic rings. The molecule has 0 spiro atoms. The van der Waals surface area contributed by atoms with Gasteiger partial charge in [-0.05, 0) is 33.8 Å². The molecule has 2 heterocycles. The van der Waals surface area contributed by atoms with Crippen LogP contribution >= 0.6 is 0 Å². The number of para-hydroxylation sites is 1. The molecule has 0 radical (unpaired) electrons. The Morgan fingerprint density at radius 1 is 1.18 bits per heavy atom. The van der Waals surface area contributed by atoms with Crippen LogP contribution in [0, 0.1) is 13.8 Å². The fourth-order valence-corrected chi connectivity index (χ4v) is 3.04. The van der Waals surface area contributed by atoms with Gasteiger partial charge in [0.05, 0.1) is 18.3 Å². The lowest BCUT2D eigenvalue weighted by atomic mass is 10.1. The molecule has 1 aliphatic rings. The Morgan fingerprint density at radius 3 is 2.73 bits per heavy atom. The topological polar surface area (TPSA) is 30.3 Å². The molecule has 1 aliphatic heterocycles. The Kier molecular flexibility index (Phi) is 4.21. The second kappa shape index (κ2) is 6.13. The lowest BCUT2D eigenvalue weighted by Gasteiger charge is -2.29. The van der Waals surface area contributed by atoms with Crippen molar-refractivity contribution in [1.82, 2.24) is 14.5 Å². The van der Waals surface area contributed by atoms with E-state index >= 15 is 0 Å². The van der Waals surface area contributed by atoms with Gasteiger partial charge in [0, 0.05) is 30.9 Å². The van der Waals surface area contributed by atoms with Gasteiger partial charge >= 0.3 is 0 Å². The third-order valence-electron chi connectivity index (χ3n) is 4.27. The predicted octanol–water partition coefficient (Wildman–Crippen LogP) is 3.30. The van der Waals surface area contributed by atoms with Crippen molar-refractivity contribution in [2.45, 2.75) is 53.4 Å². The van der Waals surface area contributed by atoms with Crippen LogP contribution in [-0.4, -0.2) is 27.1 Å². The number of hydrogen-bond donors (Lipinski definition) is 0. The van der Waals surface area contributed by atoms with Gasteiger partial charge in [-0.25, -0.2) is 4.98 Å². The maximum Gasteiger partial charge on any atom is 0.124 e. The van der Waals surface area contributed by atoms with Crippen LogP contribution in [0.1, 0.15) is 36.6 Å². The summed E-state index contributed by atoms with van der Waals surface area (Å²) in [6.45, 7) is 12.3. The average Bonchev–Trinajstić information content (AvgIpc) is 2.75. The van der Waals surface area contributed by atoms with Crippen molar-refractivity contribution in [3.05, 3.63) is 47.0 Å². The first-order valence-corrected chi connectivity index (χ1v) is 8.04. The van der Waals surface area contributed by atoms with E-state index in [1.165, 1.54) is 17.1 Å². The summed E-state index contributed by atoms with van der Waals surface area (Å²) in [6, 6.07) is 8.35. The summed E-state index contributed by atoms with van der Waals surface area (Å²) >= 11 is 0. The number of fused-ring (bicyclic) bond motifs is 1. The van der Waals surface area contributed by atoms with E-state index in [4.69, 9.17) is 9.72 Å². The maximum absolute atomic E-state index is 5.93. The highest BCUT2D eigenvalue weighted by Gasteiger charge is 2.21. The second-order valence-corrected chi connectivity index (χ2v) is 6.34. The molecule has 22 heavy (non-hydrogen) atoms. The summed E-state index contributed by atoms with van der Waals surface area (Å²) in [6.07, 6.45) is 0.201. The Labute approximate surface area is 132 Å². The molecule has 4 heteroatoms. The normalized spacial score (nSPS) is 15.1. The Hall–Kier alpha value is -1.81. The van der Waals surface area contributed by atoms with Gasteiger partial charge < -0.3 is 9.30 Å². The molecule has 0 atom stereocenters. The zero-order chi connectivity index (χ0) is 15.7. The van der Waals surface area contributed by atoms with E-state index in [0.717, 1.165) is 37.6 Å². The summed E-state index contributed by atoms with van der Waals surface area (Å²) in [4.78, 5) is 7.15. The highest BCUT2D eigenvalue weighted by Crippen LogP contribution is 2.24. The highest BCUT2D eigenvalue weighted by atomic mass is 16.5. The Bertz CT molecular complexity index is 660. The molecule has 0 unspecified atom stereocenters. The van der Waals surface area contributed by atoms with E-state index < -0.39 is 0 Å². The van der Waals surface area contributed by atoms with E-state index in [1.807, 2.05) is 6.07 Å². The zero-order valence-electron chi connectivity index (χ0n) is 14.0. The van der Waals surface area contributed by atoms with Crippen molar-refractivity contribution in [2.24, 2.45) is 0 Å². The molecular formula is C18H25N3O. The van der Waals surface area contributed by atoms with Crippen LogP contribution in [0.4, 0.5) is 0 Å². The summed E-state index contributed by atoms with van der Waals surface area (Å²) < 4.78 is 8.28. The number of nitrogens with zero attached hydrogens (tertiary/aromatic N) is 3. The number of ether oxygens (including phenoxy) is 1. The molecule has 1 aromatic heterocycles. The second-order valence-electron chi connectivity index (χ2n) is 6.34. The van der Waals surface area contributed by atoms with Gasteiger partial charge in [-0.2, -0.15) is 0 Å². The van der Waals surface area contributed by atoms with Crippen molar-refractivity contribution in [2.75, 3.05) is 6.54 Å². The van der Waals surface area contributed by atoms with Crippen molar-refractivity contribution in [3.63, 3.8) is 0 Å². The zero-order valence-corrected chi connectivity index (χ0v) is 14.0. The largest absolute Gasteiger partial charge is 0.491 e. The number of imidazole rings is 1. The smallest absolute Gasteiger partial charge is 0.124 e. The minimum atomic E-state index is 0.201. The molecule has 4 nitrogen and oxygen atoms in total. The fourth-order valence-electron chi connectivity index (χ4n) is 3.04. The van der Waals surface area contributed by atoms with Crippen LogP contribution in [0.25, 0.3) is 0 Å². The van der Waals surface area contributed by atoms with Crippen molar-refractivity contribution < 1.29 is 4.74 Å². The van der Waals surface area contributed by atoms with E-state index in [9.17, 15) is 0 Å². The van der Waals surface area contributed by atoms with Crippen molar-refractivity contribution in [1.29, 1.82) is 0 Å². The summed E-state index contributed by atoms with van der Waals surface area (Å²) in [7, 11) is 0. The third-order valence-corrected chi connectivity index (χ3v) is 4.27. The molecule has 1 aromatic carbocycles. The first-order chi connectivity index (χ1) is 10.5. The monoisotopic (exact) mass is 299 g/mol. The summed E-state index contributed by atoms with van der Waals surface area (Å²) in [5.41, 5.74) is 3.71. The standard InChI is InChI=1S/C18H25N3O/c1-13(2)22-17-8-6-5-7-16(17)11-20-9-10-21-15(4)14(3)19-18(21)12-20/h5-8,13H,9-12H2,1-4H3. The van der Waals surface area contributed by atoms with Crippen LogP contribution in [0.15, 0.2) is 24.3 Å². The van der Waals surface area contributed by atoms with Gasteiger partial charge in [-0.3, -0.25) is 4.90 Å². The van der Waals surface area contributed by atoms with E-state index in [0.29, 0.717) is 0 Å². The minimum absolute atomic E-state index is 0.201. The number of rotatable bonds is 4. The van der Waals surface area contributed by atoms with Gasteiger partial charge in [0.25, 0.3) is 0 Å². The van der Waals surface area contributed by atoms with Gasteiger partial charge in [-0.1, -0.05) is 18.2 Å². The Balaban J connectivity index is 1.75. The minimum Gasteiger partial charge on any atom is -0.491 e. The molecule has 0 bridgehead atoms. The number of aromatic nitrogens is 2.